The predicted molar refractivity (Wildman–Crippen MR) is 134 cm³/mol. The van der Waals surface area contributed by atoms with Crippen LogP contribution in [0.2, 0.25) is 10.0 Å². The van der Waals surface area contributed by atoms with E-state index in [4.69, 9.17) is 28.0 Å². The molecule has 2 fully saturated rings. The molecule has 33 heavy (non-hydrogen) atoms. The Bertz CT molecular complexity index is 1190. The molecule has 1 aliphatic heterocycles. The predicted octanol–water partition coefficient (Wildman–Crippen LogP) is 4.63. The number of nitrogens with one attached hydrogen (secondary N) is 3. The van der Waals surface area contributed by atoms with Crippen molar-refractivity contribution in [3.05, 3.63) is 50.7 Å². The molecular weight excluding hydrogens is 531 g/mol. The van der Waals surface area contributed by atoms with Crippen LogP contribution in [0.5, 0.6) is 0 Å². The minimum Gasteiger partial charge on any atom is -0.354 e. The second-order valence-electron chi connectivity index (χ2n) is 8.21. The third-order valence-electron chi connectivity index (χ3n) is 5.78. The molecule has 1 amide bonds. The summed E-state index contributed by atoms with van der Waals surface area (Å²) >= 11 is 16.7. The first-order valence-corrected chi connectivity index (χ1v) is 12.4. The molecule has 2 aliphatic rings. The van der Waals surface area contributed by atoms with Crippen LogP contribution in [0.25, 0.3) is 5.65 Å². The first kappa shape index (κ1) is 22.7. The van der Waals surface area contributed by atoms with Crippen molar-refractivity contribution in [3.63, 3.8) is 0 Å². The Morgan fingerprint density at radius 2 is 2.06 bits per heavy atom. The maximum atomic E-state index is 13.2. The van der Waals surface area contributed by atoms with Gasteiger partial charge in [-0.15, -0.1) is 0 Å². The lowest BCUT2D eigenvalue weighted by molar-refractivity contribution is 0.0270. The first-order chi connectivity index (χ1) is 16.0. The summed E-state index contributed by atoms with van der Waals surface area (Å²) < 4.78 is 2.71. The molecule has 1 saturated heterocycles. The van der Waals surface area contributed by atoms with Crippen molar-refractivity contribution in [1.82, 2.24) is 20.2 Å². The minimum atomic E-state index is -0.393. The molecule has 0 atom stereocenters. The van der Waals surface area contributed by atoms with Crippen LogP contribution in [0.1, 0.15) is 23.2 Å². The Morgan fingerprint density at radius 1 is 1.27 bits per heavy atom. The fraction of sp³-hybridized carbons (Fsp3) is 0.364. The van der Waals surface area contributed by atoms with E-state index in [1.54, 1.807) is 18.5 Å². The zero-order valence-electron chi connectivity index (χ0n) is 17.7. The van der Waals surface area contributed by atoms with Gasteiger partial charge in [0, 0.05) is 36.8 Å². The van der Waals surface area contributed by atoms with Crippen LogP contribution in [0.4, 0.5) is 17.2 Å². The number of piperazine rings is 1. The molecule has 1 aromatic carbocycles. The molecule has 8 nitrogen and oxygen atoms in total. The molecule has 1 aliphatic carbocycles. The topological polar surface area (TPSA) is 82.9 Å². The summed E-state index contributed by atoms with van der Waals surface area (Å²) in [6.07, 6.45) is 5.79. The standard InChI is InChI=1S/C22H23BrCl2N6O2/c23-14-3-4-17(16(24)9-14)28-20-15(22(32)29-33-12-13-1-2-13)11-31-18(10-27-21(31)19(20)25)30-7-5-26-6-8-30/h3-4,9-11,13,26,28H,1-2,5-8,12H2,(H,29,32). The van der Waals surface area contributed by atoms with Gasteiger partial charge in [-0.1, -0.05) is 39.1 Å². The van der Waals surface area contributed by atoms with Crippen LogP contribution in [-0.2, 0) is 4.84 Å². The third-order valence-corrected chi connectivity index (χ3v) is 6.94. The highest BCUT2D eigenvalue weighted by Crippen LogP contribution is 2.37. The highest BCUT2D eigenvalue weighted by Gasteiger charge is 2.25. The number of halogens is 3. The van der Waals surface area contributed by atoms with E-state index in [1.807, 2.05) is 16.5 Å². The molecule has 3 heterocycles. The van der Waals surface area contributed by atoms with E-state index in [1.165, 1.54) is 0 Å². The molecule has 11 heteroatoms. The monoisotopic (exact) mass is 552 g/mol. The Balaban J connectivity index is 1.55. The highest BCUT2D eigenvalue weighted by molar-refractivity contribution is 9.10. The number of nitrogens with zero attached hydrogens (tertiary/aromatic N) is 3. The maximum absolute atomic E-state index is 13.2. The molecule has 0 unspecified atom stereocenters. The number of aromatic nitrogens is 2. The smallest absolute Gasteiger partial charge is 0.278 e. The molecule has 2 aromatic heterocycles. The highest BCUT2D eigenvalue weighted by atomic mass is 79.9. The molecule has 1 saturated carbocycles. The normalized spacial score (nSPS) is 16.3. The average molecular weight is 554 g/mol. The van der Waals surface area contributed by atoms with Gasteiger partial charge in [0.25, 0.3) is 5.91 Å². The molecule has 174 valence electrons. The van der Waals surface area contributed by atoms with Crippen LogP contribution in [0.3, 0.4) is 0 Å². The zero-order valence-corrected chi connectivity index (χ0v) is 20.8. The van der Waals surface area contributed by atoms with Gasteiger partial charge in [-0.05, 0) is 37.0 Å². The average Bonchev–Trinajstić information content (AvgIpc) is 3.53. The van der Waals surface area contributed by atoms with Crippen molar-refractivity contribution in [2.24, 2.45) is 5.92 Å². The van der Waals surface area contributed by atoms with Crippen molar-refractivity contribution in [3.8, 4) is 0 Å². The number of rotatable bonds is 7. The van der Waals surface area contributed by atoms with E-state index < -0.39 is 5.91 Å². The first-order valence-electron chi connectivity index (χ1n) is 10.8. The number of imidazole rings is 1. The number of carbonyl (C=O) groups excluding carboxylic acids is 1. The second kappa shape index (κ2) is 9.68. The van der Waals surface area contributed by atoms with Gasteiger partial charge >= 0.3 is 0 Å². The lowest BCUT2D eigenvalue weighted by atomic mass is 10.2. The Hall–Kier alpha value is -2.04. The van der Waals surface area contributed by atoms with Gasteiger partial charge in [-0.2, -0.15) is 0 Å². The van der Waals surface area contributed by atoms with Crippen LogP contribution in [-0.4, -0.2) is 48.1 Å². The van der Waals surface area contributed by atoms with E-state index >= 15 is 0 Å². The summed E-state index contributed by atoms with van der Waals surface area (Å²) in [6, 6.07) is 5.44. The second-order valence-corrected chi connectivity index (χ2v) is 9.91. The van der Waals surface area contributed by atoms with Gasteiger partial charge in [0.2, 0.25) is 0 Å². The lowest BCUT2D eigenvalue weighted by Gasteiger charge is -2.28. The van der Waals surface area contributed by atoms with Gasteiger partial charge in [0.15, 0.2) is 5.65 Å². The van der Waals surface area contributed by atoms with E-state index in [9.17, 15) is 4.79 Å². The van der Waals surface area contributed by atoms with Crippen molar-refractivity contribution in [1.29, 1.82) is 0 Å². The fourth-order valence-corrected chi connectivity index (χ4v) is 4.79. The van der Waals surface area contributed by atoms with Crippen LogP contribution < -0.4 is 21.0 Å². The molecule has 0 bridgehead atoms. The minimum absolute atomic E-state index is 0.324. The quantitative estimate of drug-likeness (QED) is 0.370. The number of hydrogen-bond donors (Lipinski definition) is 3. The van der Waals surface area contributed by atoms with Crippen LogP contribution in [0, 0.1) is 5.92 Å². The largest absolute Gasteiger partial charge is 0.354 e. The summed E-state index contributed by atoms with van der Waals surface area (Å²) in [7, 11) is 0. The van der Waals surface area contributed by atoms with Crippen LogP contribution >= 0.6 is 39.1 Å². The summed E-state index contributed by atoms with van der Waals surface area (Å²) in [6.45, 7) is 3.94. The fourth-order valence-electron chi connectivity index (χ4n) is 3.78. The van der Waals surface area contributed by atoms with Gasteiger partial charge in [0.1, 0.15) is 10.8 Å². The van der Waals surface area contributed by atoms with Crippen molar-refractivity contribution in [2.45, 2.75) is 12.8 Å². The SMILES string of the molecule is O=C(NOCC1CC1)c1cn2c(N3CCNCC3)cnc2c(Cl)c1Nc1ccc(Br)cc1Cl. The van der Waals surface area contributed by atoms with Gasteiger partial charge < -0.3 is 15.5 Å². The number of hydrogen-bond acceptors (Lipinski definition) is 6. The summed E-state index contributed by atoms with van der Waals surface area (Å²) in [5, 5.41) is 7.39. The van der Waals surface area contributed by atoms with E-state index in [-0.39, 0.29) is 0 Å². The third kappa shape index (κ3) is 4.93. The Labute approximate surface area is 209 Å². The van der Waals surface area contributed by atoms with Gasteiger partial charge in [-0.3, -0.25) is 14.0 Å². The lowest BCUT2D eigenvalue weighted by Crippen LogP contribution is -2.44. The summed E-state index contributed by atoms with van der Waals surface area (Å²) in [5.41, 5.74) is 4.48. The maximum Gasteiger partial charge on any atom is 0.278 e. The van der Waals surface area contributed by atoms with Gasteiger partial charge in [-0.25, -0.2) is 10.5 Å². The van der Waals surface area contributed by atoms with Crippen LogP contribution in [0.15, 0.2) is 35.1 Å². The molecular formula is C22H23BrCl2N6O2. The number of anilines is 3. The van der Waals surface area contributed by atoms with Gasteiger partial charge in [0.05, 0.1) is 34.8 Å². The molecule has 0 radical (unpaired) electrons. The number of amides is 1. The van der Waals surface area contributed by atoms with Crippen molar-refractivity contribution < 1.29 is 9.63 Å². The number of hydroxylamine groups is 1. The Morgan fingerprint density at radius 3 is 2.79 bits per heavy atom. The number of benzene rings is 1. The Kier molecular flexibility index (Phi) is 6.67. The van der Waals surface area contributed by atoms with Crippen molar-refractivity contribution in [2.75, 3.05) is 43.0 Å². The van der Waals surface area contributed by atoms with Crippen molar-refractivity contribution >= 4 is 67.9 Å². The molecule has 3 aromatic rings. The van der Waals surface area contributed by atoms with E-state index in [2.05, 4.69) is 41.9 Å². The zero-order chi connectivity index (χ0) is 22.9. The van der Waals surface area contributed by atoms with E-state index in [0.717, 1.165) is 49.3 Å². The molecule has 5 rings (SSSR count). The molecule has 3 N–H and O–H groups in total. The summed E-state index contributed by atoms with van der Waals surface area (Å²) in [5.74, 6) is 1.01. The number of pyridine rings is 1. The number of carbonyl (C=O) groups is 1. The number of fused-ring (bicyclic) bond motifs is 1. The summed E-state index contributed by atoms with van der Waals surface area (Å²) in [4.78, 5) is 25.4. The van der Waals surface area contributed by atoms with E-state index in [0.29, 0.717) is 45.2 Å². The molecule has 0 spiro atoms.